The van der Waals surface area contributed by atoms with Crippen molar-refractivity contribution in [2.75, 3.05) is 19.0 Å². The van der Waals surface area contributed by atoms with E-state index in [2.05, 4.69) is 58.0 Å². The molecule has 0 fully saturated rings. The number of hydrogen-bond donors (Lipinski definition) is 2. The highest BCUT2D eigenvalue weighted by Gasteiger charge is 2.15. The number of hydrogen-bond acceptors (Lipinski definition) is 4. The van der Waals surface area contributed by atoms with E-state index in [-0.39, 0.29) is 24.3 Å². The number of carbonyl (C=O) groups is 1. The van der Waals surface area contributed by atoms with Gasteiger partial charge in [-0.2, -0.15) is 0 Å². The molecule has 0 aliphatic heterocycles. The minimum Gasteiger partial charge on any atom is -0.324 e. The normalized spacial score (nSPS) is 11.8. The van der Waals surface area contributed by atoms with Crippen LogP contribution in [-0.2, 0) is 20.0 Å². The van der Waals surface area contributed by atoms with Crippen molar-refractivity contribution in [2.45, 2.75) is 32.6 Å². The van der Waals surface area contributed by atoms with Crippen LogP contribution in [0.5, 0.6) is 0 Å². The van der Waals surface area contributed by atoms with Crippen LogP contribution >= 0.6 is 0 Å². The van der Waals surface area contributed by atoms with E-state index in [0.29, 0.717) is 5.95 Å². The van der Waals surface area contributed by atoms with Crippen LogP contribution in [0.3, 0.4) is 0 Å². The minimum atomic E-state index is -0.179. The summed E-state index contributed by atoms with van der Waals surface area (Å²) in [6.45, 7) is 6.67. The van der Waals surface area contributed by atoms with E-state index >= 15 is 0 Å². The van der Waals surface area contributed by atoms with E-state index < -0.39 is 0 Å². The first-order valence-corrected chi connectivity index (χ1v) is 6.86. The molecular weight excluding hydrogens is 270 g/mol. The number of imidazole rings is 1. The number of benzene rings is 1. The molecule has 0 radical (unpaired) electrons. The van der Waals surface area contributed by atoms with Gasteiger partial charge in [0.1, 0.15) is 0 Å². The van der Waals surface area contributed by atoms with Crippen LogP contribution in [0.2, 0.25) is 0 Å². The van der Waals surface area contributed by atoms with Crippen molar-refractivity contribution < 1.29 is 14.6 Å². The fourth-order valence-electron chi connectivity index (χ4n) is 1.95. The van der Waals surface area contributed by atoms with Gasteiger partial charge in [-0.1, -0.05) is 26.8 Å². The van der Waals surface area contributed by atoms with Crippen LogP contribution in [0.1, 0.15) is 32.8 Å². The predicted octanol–water partition coefficient (Wildman–Crippen LogP) is 2.77. The third-order valence-corrected chi connectivity index (χ3v) is 3.14. The zero-order chi connectivity index (χ0) is 15.5. The lowest BCUT2D eigenvalue weighted by atomic mass is 9.87. The Morgan fingerprint density at radius 1 is 1.38 bits per heavy atom. The van der Waals surface area contributed by atoms with Gasteiger partial charge in [0.25, 0.3) is 0 Å². The van der Waals surface area contributed by atoms with Crippen molar-refractivity contribution in [2.24, 2.45) is 0 Å². The maximum atomic E-state index is 11.7. The second-order valence-electron chi connectivity index (χ2n) is 5.85. The maximum Gasteiger partial charge on any atom is 0.229 e. The van der Waals surface area contributed by atoms with Gasteiger partial charge in [-0.25, -0.2) is 14.8 Å². The van der Waals surface area contributed by atoms with E-state index in [1.165, 1.54) is 12.7 Å². The molecule has 1 amide bonds. The molecule has 2 rings (SSSR count). The van der Waals surface area contributed by atoms with Gasteiger partial charge in [-0.05, 0) is 23.1 Å². The molecule has 1 aromatic heterocycles. The largest absolute Gasteiger partial charge is 0.324 e. The Labute approximate surface area is 123 Å². The van der Waals surface area contributed by atoms with E-state index in [9.17, 15) is 4.79 Å². The average molecular weight is 291 g/mol. The zero-order valence-corrected chi connectivity index (χ0v) is 12.8. The van der Waals surface area contributed by atoms with Crippen molar-refractivity contribution in [1.29, 1.82) is 0 Å². The smallest absolute Gasteiger partial charge is 0.229 e. The van der Waals surface area contributed by atoms with E-state index in [1.807, 2.05) is 6.07 Å². The summed E-state index contributed by atoms with van der Waals surface area (Å²) in [4.78, 5) is 28.2. The number of anilines is 1. The van der Waals surface area contributed by atoms with Crippen LogP contribution in [0, 0.1) is 0 Å². The molecule has 0 unspecified atom stereocenters. The summed E-state index contributed by atoms with van der Waals surface area (Å²) >= 11 is 0. The predicted molar refractivity (Wildman–Crippen MR) is 81.0 cm³/mol. The highest BCUT2D eigenvalue weighted by Crippen LogP contribution is 2.25. The van der Waals surface area contributed by atoms with Crippen LogP contribution in [-0.4, -0.2) is 29.6 Å². The Balaban J connectivity index is 2.10. The van der Waals surface area contributed by atoms with Crippen molar-refractivity contribution in [3.63, 3.8) is 0 Å². The molecule has 0 aliphatic carbocycles. The van der Waals surface area contributed by atoms with E-state index in [4.69, 9.17) is 0 Å². The monoisotopic (exact) mass is 291 g/mol. The average Bonchev–Trinajstić information content (AvgIpc) is 2.78. The molecule has 0 saturated heterocycles. The molecule has 2 aromatic rings. The van der Waals surface area contributed by atoms with Gasteiger partial charge in [-0.3, -0.25) is 10.1 Å². The number of amides is 1. The van der Waals surface area contributed by atoms with Gasteiger partial charge in [0.2, 0.25) is 11.9 Å². The van der Waals surface area contributed by atoms with Gasteiger partial charge in [-0.15, -0.1) is 0 Å². The third-order valence-electron chi connectivity index (χ3n) is 3.14. The zero-order valence-electron chi connectivity index (χ0n) is 12.8. The standard InChI is InChI=1S/C15H21N3O3/c1-15(2,3)10-5-6-11-12(9-10)17-14(16-11)18-13(19)7-8-21-20-4/h5-6,9H,7-8H2,1-4H3,(H2,16,17,18,19). The Morgan fingerprint density at radius 3 is 2.81 bits per heavy atom. The summed E-state index contributed by atoms with van der Waals surface area (Å²) in [6.07, 6.45) is 0.206. The van der Waals surface area contributed by atoms with Gasteiger partial charge >= 0.3 is 0 Å². The van der Waals surface area contributed by atoms with Crippen molar-refractivity contribution in [1.82, 2.24) is 9.97 Å². The number of carbonyl (C=O) groups excluding carboxylic acids is 1. The Morgan fingerprint density at radius 2 is 2.14 bits per heavy atom. The van der Waals surface area contributed by atoms with Gasteiger partial charge in [0, 0.05) is 0 Å². The number of rotatable bonds is 5. The SMILES string of the molecule is COOCCC(=O)Nc1nc2ccc(C(C)(C)C)cc2[nH]1. The highest BCUT2D eigenvalue weighted by atomic mass is 17.2. The molecule has 0 aliphatic rings. The molecule has 2 N–H and O–H groups in total. The van der Waals surface area contributed by atoms with Crippen molar-refractivity contribution in [3.05, 3.63) is 23.8 Å². The maximum absolute atomic E-state index is 11.7. The summed E-state index contributed by atoms with van der Waals surface area (Å²) in [5, 5.41) is 2.71. The summed E-state index contributed by atoms with van der Waals surface area (Å²) in [5.41, 5.74) is 3.02. The fourth-order valence-corrected chi connectivity index (χ4v) is 1.95. The first kappa shape index (κ1) is 15.5. The topological polar surface area (TPSA) is 76.2 Å². The molecular formula is C15H21N3O3. The molecule has 6 nitrogen and oxygen atoms in total. The highest BCUT2D eigenvalue weighted by molar-refractivity contribution is 5.91. The lowest BCUT2D eigenvalue weighted by Crippen LogP contribution is -2.14. The summed E-state index contributed by atoms with van der Waals surface area (Å²) in [5.74, 6) is 0.264. The summed E-state index contributed by atoms with van der Waals surface area (Å²) in [6, 6.07) is 6.07. The molecule has 0 saturated carbocycles. The number of nitrogens with one attached hydrogen (secondary N) is 2. The Hall–Kier alpha value is -1.92. The number of aromatic nitrogens is 2. The fraction of sp³-hybridized carbons (Fsp3) is 0.467. The number of H-pyrrole nitrogens is 1. The molecule has 114 valence electrons. The Kier molecular flexibility index (Phi) is 4.59. The van der Waals surface area contributed by atoms with Crippen LogP contribution < -0.4 is 5.32 Å². The van der Waals surface area contributed by atoms with Crippen LogP contribution in [0.25, 0.3) is 11.0 Å². The van der Waals surface area contributed by atoms with Gasteiger partial charge < -0.3 is 4.98 Å². The molecule has 0 spiro atoms. The summed E-state index contributed by atoms with van der Waals surface area (Å²) < 4.78 is 0. The number of aromatic amines is 1. The molecule has 21 heavy (non-hydrogen) atoms. The first-order valence-electron chi connectivity index (χ1n) is 6.86. The quantitative estimate of drug-likeness (QED) is 0.504. The molecule has 1 aromatic carbocycles. The van der Waals surface area contributed by atoms with Crippen molar-refractivity contribution >= 4 is 22.9 Å². The van der Waals surface area contributed by atoms with E-state index in [0.717, 1.165) is 11.0 Å². The second-order valence-corrected chi connectivity index (χ2v) is 5.85. The van der Waals surface area contributed by atoms with Gasteiger partial charge in [0.05, 0.1) is 31.2 Å². The summed E-state index contributed by atoms with van der Waals surface area (Å²) in [7, 11) is 1.41. The Bertz CT molecular complexity index is 629. The lowest BCUT2D eigenvalue weighted by Gasteiger charge is -2.18. The van der Waals surface area contributed by atoms with Crippen molar-refractivity contribution in [3.8, 4) is 0 Å². The molecule has 0 bridgehead atoms. The first-order chi connectivity index (χ1) is 9.90. The second kappa shape index (κ2) is 6.24. The van der Waals surface area contributed by atoms with Crippen LogP contribution in [0.15, 0.2) is 18.2 Å². The van der Waals surface area contributed by atoms with E-state index in [1.54, 1.807) is 0 Å². The number of fused-ring (bicyclic) bond motifs is 1. The molecule has 1 heterocycles. The van der Waals surface area contributed by atoms with Gasteiger partial charge in [0.15, 0.2) is 0 Å². The molecule has 0 atom stereocenters. The van der Waals surface area contributed by atoms with Crippen LogP contribution in [0.4, 0.5) is 5.95 Å². The lowest BCUT2D eigenvalue weighted by molar-refractivity contribution is -0.271. The minimum absolute atomic E-state index is 0.0696. The number of nitrogens with zero attached hydrogens (tertiary/aromatic N) is 1. The molecule has 6 heteroatoms. The third kappa shape index (κ3) is 4.03.